The van der Waals surface area contributed by atoms with E-state index in [9.17, 15) is 8.42 Å². The number of sulfonamides is 1. The number of hydrogen-bond acceptors (Lipinski definition) is 6. The zero-order valence-corrected chi connectivity index (χ0v) is 18.5. The van der Waals surface area contributed by atoms with Crippen molar-refractivity contribution in [2.45, 2.75) is 56.1 Å². The highest BCUT2D eigenvalue weighted by Gasteiger charge is 2.45. The van der Waals surface area contributed by atoms with E-state index in [-0.39, 0.29) is 17.3 Å². The standard InChI is InChI=1S/C23H25N5O3S/c29-32(30,16-7-8-16)27-10-19-21(11-27)25-22(18-9-24-20-4-2-1-3-17(18)20)26-23(19)28-14-5-6-15(28)13-31-12-14/h1-4,9,14-16,24H,5-8,10-13H2. The molecule has 2 unspecified atom stereocenters. The smallest absolute Gasteiger partial charge is 0.217 e. The largest absolute Gasteiger partial charge is 0.377 e. The Bertz CT molecular complexity index is 1320. The first-order valence-electron chi connectivity index (χ1n) is 11.4. The second-order valence-corrected chi connectivity index (χ2v) is 11.6. The molecule has 9 heteroatoms. The van der Waals surface area contributed by atoms with Crippen molar-refractivity contribution in [3.8, 4) is 11.4 Å². The molecule has 3 aromatic rings. The molecule has 32 heavy (non-hydrogen) atoms. The SMILES string of the molecule is O=S(=O)(C1CC1)N1Cc2nc(-c3c[nH]c4ccccc34)nc(N3C4CCC3COC4)c2C1. The molecule has 3 aliphatic heterocycles. The second-order valence-electron chi connectivity index (χ2n) is 9.39. The fraction of sp³-hybridized carbons (Fsp3) is 0.478. The Morgan fingerprint density at radius 1 is 1.00 bits per heavy atom. The Labute approximate surface area is 186 Å². The summed E-state index contributed by atoms with van der Waals surface area (Å²) in [5, 5.41) is 0.852. The van der Waals surface area contributed by atoms with Crippen molar-refractivity contribution in [1.29, 1.82) is 0 Å². The predicted octanol–water partition coefficient (Wildman–Crippen LogP) is 2.80. The van der Waals surface area contributed by atoms with Crippen LogP contribution < -0.4 is 4.90 Å². The molecule has 166 valence electrons. The third-order valence-electron chi connectivity index (χ3n) is 7.35. The van der Waals surface area contributed by atoms with E-state index in [1.165, 1.54) is 0 Å². The summed E-state index contributed by atoms with van der Waals surface area (Å²) >= 11 is 0. The lowest BCUT2D eigenvalue weighted by atomic mass is 10.1. The van der Waals surface area contributed by atoms with Crippen LogP contribution >= 0.6 is 0 Å². The highest BCUT2D eigenvalue weighted by molar-refractivity contribution is 7.90. The van der Waals surface area contributed by atoms with E-state index in [0.717, 1.165) is 59.2 Å². The van der Waals surface area contributed by atoms with Crippen LogP contribution in [0.25, 0.3) is 22.3 Å². The molecule has 3 fully saturated rings. The van der Waals surface area contributed by atoms with E-state index in [2.05, 4.69) is 16.0 Å². The van der Waals surface area contributed by atoms with E-state index in [4.69, 9.17) is 14.7 Å². The number of nitrogens with one attached hydrogen (secondary N) is 1. The maximum Gasteiger partial charge on any atom is 0.217 e. The number of nitrogens with zero attached hydrogens (tertiary/aromatic N) is 4. The maximum atomic E-state index is 13.0. The van der Waals surface area contributed by atoms with E-state index in [1.807, 2.05) is 24.4 Å². The van der Waals surface area contributed by atoms with Crippen molar-refractivity contribution >= 4 is 26.7 Å². The molecule has 0 spiro atoms. The molecule has 0 amide bonds. The van der Waals surface area contributed by atoms with Gasteiger partial charge in [0.25, 0.3) is 0 Å². The molecule has 2 aromatic heterocycles. The minimum absolute atomic E-state index is 0.221. The molecule has 2 bridgehead atoms. The van der Waals surface area contributed by atoms with Crippen LogP contribution in [0, 0.1) is 0 Å². The summed E-state index contributed by atoms with van der Waals surface area (Å²) in [5.41, 5.74) is 3.80. The number of para-hydroxylation sites is 1. The highest BCUT2D eigenvalue weighted by Crippen LogP contribution is 2.42. The summed E-state index contributed by atoms with van der Waals surface area (Å²) in [4.78, 5) is 15.7. The van der Waals surface area contributed by atoms with Crippen LogP contribution in [-0.2, 0) is 27.8 Å². The highest BCUT2D eigenvalue weighted by atomic mass is 32.2. The Kier molecular flexibility index (Phi) is 4.02. The van der Waals surface area contributed by atoms with E-state index in [1.54, 1.807) is 4.31 Å². The topological polar surface area (TPSA) is 91.4 Å². The molecule has 1 saturated carbocycles. The number of aromatic amines is 1. The summed E-state index contributed by atoms with van der Waals surface area (Å²) in [7, 11) is -3.28. The number of hydrogen-bond donors (Lipinski definition) is 1. The van der Waals surface area contributed by atoms with Crippen molar-refractivity contribution in [3.05, 3.63) is 41.7 Å². The zero-order chi connectivity index (χ0) is 21.4. The van der Waals surface area contributed by atoms with Gasteiger partial charge < -0.3 is 14.6 Å². The van der Waals surface area contributed by atoms with E-state index < -0.39 is 10.0 Å². The molecule has 2 saturated heterocycles. The van der Waals surface area contributed by atoms with Gasteiger partial charge in [-0.2, -0.15) is 4.31 Å². The molecule has 5 heterocycles. The summed E-state index contributed by atoms with van der Waals surface area (Å²) in [6, 6.07) is 8.71. The average Bonchev–Trinajstić information content (AvgIpc) is 3.36. The molecule has 1 aromatic carbocycles. The molecule has 4 aliphatic rings. The van der Waals surface area contributed by atoms with Gasteiger partial charge in [0.15, 0.2) is 5.82 Å². The van der Waals surface area contributed by atoms with Crippen molar-refractivity contribution in [2.24, 2.45) is 0 Å². The monoisotopic (exact) mass is 451 g/mol. The van der Waals surface area contributed by atoms with Crippen LogP contribution in [0.2, 0.25) is 0 Å². The molecule has 0 radical (unpaired) electrons. The van der Waals surface area contributed by atoms with E-state index >= 15 is 0 Å². The Morgan fingerprint density at radius 2 is 1.78 bits per heavy atom. The van der Waals surface area contributed by atoms with Gasteiger partial charge in [0, 0.05) is 34.8 Å². The van der Waals surface area contributed by atoms with Gasteiger partial charge in [0.05, 0.1) is 42.8 Å². The number of fused-ring (bicyclic) bond motifs is 4. The van der Waals surface area contributed by atoms with Gasteiger partial charge in [0.1, 0.15) is 5.82 Å². The summed E-state index contributed by atoms with van der Waals surface area (Å²) < 4.78 is 33.5. The summed E-state index contributed by atoms with van der Waals surface area (Å²) in [6.07, 6.45) is 5.65. The molecular formula is C23H25N5O3S. The van der Waals surface area contributed by atoms with Gasteiger partial charge in [-0.3, -0.25) is 0 Å². The number of anilines is 1. The third-order valence-corrected chi connectivity index (χ3v) is 9.64. The maximum absolute atomic E-state index is 13.0. The number of morpholine rings is 1. The lowest BCUT2D eigenvalue weighted by molar-refractivity contribution is 0.0901. The van der Waals surface area contributed by atoms with Crippen molar-refractivity contribution in [1.82, 2.24) is 19.3 Å². The van der Waals surface area contributed by atoms with Gasteiger partial charge >= 0.3 is 0 Å². The molecular weight excluding hydrogens is 426 g/mol. The average molecular weight is 452 g/mol. The molecule has 8 nitrogen and oxygen atoms in total. The van der Waals surface area contributed by atoms with Crippen LogP contribution in [0.1, 0.15) is 36.9 Å². The number of ether oxygens (including phenoxy) is 1. The number of rotatable bonds is 4. The van der Waals surface area contributed by atoms with Gasteiger partial charge in [-0.05, 0) is 31.7 Å². The quantitative estimate of drug-likeness (QED) is 0.656. The number of aromatic nitrogens is 3. The lowest BCUT2D eigenvalue weighted by Gasteiger charge is -2.36. The predicted molar refractivity (Wildman–Crippen MR) is 121 cm³/mol. The first-order valence-corrected chi connectivity index (χ1v) is 12.9. The summed E-state index contributed by atoms with van der Waals surface area (Å²) in [6.45, 7) is 2.09. The lowest BCUT2D eigenvalue weighted by Crippen LogP contribution is -2.47. The van der Waals surface area contributed by atoms with Crippen molar-refractivity contribution in [2.75, 3.05) is 18.1 Å². The van der Waals surface area contributed by atoms with Gasteiger partial charge in [0.2, 0.25) is 10.0 Å². The Hall–Kier alpha value is -2.49. The number of H-pyrrole nitrogens is 1. The summed E-state index contributed by atoms with van der Waals surface area (Å²) in [5.74, 6) is 1.56. The number of benzene rings is 1. The van der Waals surface area contributed by atoms with Crippen LogP contribution in [0.4, 0.5) is 5.82 Å². The van der Waals surface area contributed by atoms with Gasteiger partial charge in [-0.15, -0.1) is 0 Å². The minimum atomic E-state index is -3.28. The van der Waals surface area contributed by atoms with E-state index in [0.29, 0.717) is 32.1 Å². The second kappa shape index (κ2) is 6.76. The fourth-order valence-electron chi connectivity index (χ4n) is 5.53. The van der Waals surface area contributed by atoms with Crippen LogP contribution in [-0.4, -0.2) is 58.2 Å². The molecule has 7 rings (SSSR count). The molecule has 2 atom stereocenters. The van der Waals surface area contributed by atoms with Crippen molar-refractivity contribution in [3.63, 3.8) is 0 Å². The van der Waals surface area contributed by atoms with Crippen LogP contribution in [0.3, 0.4) is 0 Å². The minimum Gasteiger partial charge on any atom is -0.377 e. The van der Waals surface area contributed by atoms with Gasteiger partial charge in [-0.1, -0.05) is 18.2 Å². The van der Waals surface area contributed by atoms with Crippen LogP contribution in [0.5, 0.6) is 0 Å². The molecule has 1 aliphatic carbocycles. The zero-order valence-electron chi connectivity index (χ0n) is 17.7. The Balaban J connectivity index is 1.38. The van der Waals surface area contributed by atoms with Crippen molar-refractivity contribution < 1.29 is 13.2 Å². The van der Waals surface area contributed by atoms with Crippen LogP contribution in [0.15, 0.2) is 30.5 Å². The first-order chi connectivity index (χ1) is 15.6. The molecule has 1 N–H and O–H groups in total. The van der Waals surface area contributed by atoms with Gasteiger partial charge in [-0.25, -0.2) is 18.4 Å². The first kappa shape index (κ1) is 19.0. The third kappa shape index (κ3) is 2.77. The normalized spacial score (nSPS) is 25.6. The Morgan fingerprint density at radius 3 is 2.56 bits per heavy atom. The fourth-order valence-corrected chi connectivity index (χ4v) is 7.30.